The normalized spacial score (nSPS) is 15.5. The number of rotatable bonds is 2. The van der Waals surface area contributed by atoms with Crippen molar-refractivity contribution < 1.29 is 9.84 Å². The number of benzene rings is 2. The summed E-state index contributed by atoms with van der Waals surface area (Å²) in [5, 5.41) is 10.5. The molecule has 19 heavy (non-hydrogen) atoms. The molecule has 98 valence electrons. The molecule has 2 aromatic carbocycles. The quantitative estimate of drug-likeness (QED) is 0.822. The maximum absolute atomic E-state index is 10.5. The number of hydrogen-bond acceptors (Lipinski definition) is 2. The lowest BCUT2D eigenvalue weighted by molar-refractivity contribution is 0.218. The van der Waals surface area contributed by atoms with E-state index in [2.05, 4.69) is 28.7 Å². The van der Waals surface area contributed by atoms with Gasteiger partial charge in [0.05, 0.1) is 6.61 Å². The Morgan fingerprint density at radius 2 is 2.00 bits per heavy atom. The van der Waals surface area contributed by atoms with Gasteiger partial charge in [0.25, 0.3) is 0 Å². The van der Waals surface area contributed by atoms with E-state index in [1.807, 2.05) is 36.4 Å². The van der Waals surface area contributed by atoms with Gasteiger partial charge in [-0.3, -0.25) is 0 Å². The third kappa shape index (κ3) is 2.62. The minimum atomic E-state index is -0.569. The van der Waals surface area contributed by atoms with Gasteiger partial charge < -0.3 is 9.84 Å². The third-order valence-electron chi connectivity index (χ3n) is 3.45. The first-order valence-corrected chi connectivity index (χ1v) is 7.52. The van der Waals surface area contributed by atoms with Gasteiger partial charge in [-0.05, 0) is 70.3 Å². The molecule has 0 spiro atoms. The molecule has 1 atom stereocenters. The summed E-state index contributed by atoms with van der Waals surface area (Å²) in [5.74, 6) is 0.963. The third-order valence-corrected chi connectivity index (χ3v) is 4.43. The Hall–Kier alpha value is -1.07. The van der Waals surface area contributed by atoms with Gasteiger partial charge in [0.2, 0.25) is 0 Å². The minimum absolute atomic E-state index is 0.569. The van der Waals surface area contributed by atoms with Crippen LogP contribution in [0.15, 0.2) is 42.5 Å². The van der Waals surface area contributed by atoms with Crippen LogP contribution in [0.1, 0.15) is 29.2 Å². The number of fused-ring (bicyclic) bond motifs is 1. The number of aliphatic hydroxyl groups excluding tert-OH is 1. The second-order valence-electron chi connectivity index (χ2n) is 4.74. The van der Waals surface area contributed by atoms with Crippen molar-refractivity contribution in [3.8, 4) is 5.75 Å². The van der Waals surface area contributed by atoms with E-state index in [9.17, 15) is 5.11 Å². The molecule has 2 aromatic rings. The molecule has 1 heterocycles. The zero-order chi connectivity index (χ0) is 13.2. The fourth-order valence-electron chi connectivity index (χ4n) is 2.43. The smallest absolute Gasteiger partial charge is 0.122 e. The summed E-state index contributed by atoms with van der Waals surface area (Å²) in [6, 6.07) is 13.9. The molecular weight excluding hydrogens is 351 g/mol. The summed E-state index contributed by atoms with van der Waals surface area (Å²) in [4.78, 5) is 0. The Morgan fingerprint density at radius 1 is 1.16 bits per heavy atom. The van der Waals surface area contributed by atoms with Crippen LogP contribution in [0, 0.1) is 3.57 Å². The summed E-state index contributed by atoms with van der Waals surface area (Å²) in [6.45, 7) is 0.797. The molecule has 0 amide bonds. The van der Waals surface area contributed by atoms with Crippen LogP contribution in [0.5, 0.6) is 5.75 Å². The number of aliphatic hydroxyl groups is 1. The Labute approximate surface area is 126 Å². The van der Waals surface area contributed by atoms with Gasteiger partial charge in [-0.2, -0.15) is 0 Å². The van der Waals surface area contributed by atoms with Crippen molar-refractivity contribution in [2.24, 2.45) is 0 Å². The summed E-state index contributed by atoms with van der Waals surface area (Å²) in [6.07, 6.45) is 1.51. The first-order chi connectivity index (χ1) is 9.25. The number of ether oxygens (including phenoxy) is 1. The highest BCUT2D eigenvalue weighted by Crippen LogP contribution is 2.31. The maximum atomic E-state index is 10.5. The van der Waals surface area contributed by atoms with Crippen LogP contribution in [0.2, 0.25) is 0 Å². The van der Waals surface area contributed by atoms with E-state index in [4.69, 9.17) is 4.74 Å². The van der Waals surface area contributed by atoms with Crippen LogP contribution < -0.4 is 4.74 Å². The molecule has 1 aliphatic rings. The Balaban J connectivity index is 1.96. The van der Waals surface area contributed by atoms with E-state index in [0.29, 0.717) is 0 Å². The lowest BCUT2D eigenvalue weighted by Crippen LogP contribution is -2.10. The fraction of sp³-hybridized carbons (Fsp3) is 0.250. The lowest BCUT2D eigenvalue weighted by atomic mass is 9.97. The molecule has 1 unspecified atom stereocenters. The first-order valence-electron chi connectivity index (χ1n) is 6.44. The van der Waals surface area contributed by atoms with Gasteiger partial charge in [-0.1, -0.05) is 24.3 Å². The van der Waals surface area contributed by atoms with Crippen molar-refractivity contribution in [3.05, 3.63) is 62.7 Å². The SMILES string of the molecule is OC(c1ccc2c(c1)CCCO2)c1ccccc1I. The minimum Gasteiger partial charge on any atom is -0.493 e. The van der Waals surface area contributed by atoms with E-state index in [1.165, 1.54) is 5.56 Å². The van der Waals surface area contributed by atoms with Crippen molar-refractivity contribution >= 4 is 22.6 Å². The highest BCUT2D eigenvalue weighted by Gasteiger charge is 2.17. The van der Waals surface area contributed by atoms with Crippen molar-refractivity contribution in [1.29, 1.82) is 0 Å². The maximum Gasteiger partial charge on any atom is 0.122 e. The topological polar surface area (TPSA) is 29.5 Å². The van der Waals surface area contributed by atoms with Gasteiger partial charge in [0.15, 0.2) is 0 Å². The molecule has 0 bridgehead atoms. The lowest BCUT2D eigenvalue weighted by Gasteiger charge is -2.20. The van der Waals surface area contributed by atoms with Crippen LogP contribution >= 0.6 is 22.6 Å². The standard InChI is InChI=1S/C16H15IO2/c17-14-6-2-1-5-13(14)16(18)12-7-8-15-11(10-12)4-3-9-19-15/h1-2,5-8,10,16,18H,3-4,9H2. The zero-order valence-corrected chi connectivity index (χ0v) is 12.6. The van der Waals surface area contributed by atoms with Crippen LogP contribution in [0.25, 0.3) is 0 Å². The molecular formula is C16H15IO2. The molecule has 0 radical (unpaired) electrons. The zero-order valence-electron chi connectivity index (χ0n) is 10.5. The van der Waals surface area contributed by atoms with Crippen molar-refractivity contribution in [3.63, 3.8) is 0 Å². The largest absolute Gasteiger partial charge is 0.493 e. The molecule has 0 fully saturated rings. The Kier molecular flexibility index (Phi) is 3.75. The molecule has 0 saturated heterocycles. The van der Waals surface area contributed by atoms with Crippen molar-refractivity contribution in [2.75, 3.05) is 6.61 Å². The molecule has 3 heteroatoms. The average Bonchev–Trinajstić information content (AvgIpc) is 2.46. The van der Waals surface area contributed by atoms with E-state index < -0.39 is 6.10 Å². The highest BCUT2D eigenvalue weighted by molar-refractivity contribution is 14.1. The fourth-order valence-corrected chi connectivity index (χ4v) is 3.11. The second kappa shape index (κ2) is 5.51. The molecule has 3 rings (SSSR count). The Bertz CT molecular complexity index is 595. The Morgan fingerprint density at radius 3 is 2.84 bits per heavy atom. The van der Waals surface area contributed by atoms with Gasteiger partial charge >= 0.3 is 0 Å². The molecule has 0 aromatic heterocycles. The second-order valence-corrected chi connectivity index (χ2v) is 5.91. The molecule has 1 N–H and O–H groups in total. The molecule has 0 aliphatic carbocycles. The number of halogens is 1. The van der Waals surface area contributed by atoms with Gasteiger partial charge in [-0.25, -0.2) is 0 Å². The highest BCUT2D eigenvalue weighted by atomic mass is 127. The van der Waals surface area contributed by atoms with E-state index in [-0.39, 0.29) is 0 Å². The van der Waals surface area contributed by atoms with Crippen LogP contribution in [0.4, 0.5) is 0 Å². The molecule has 0 saturated carbocycles. The molecule has 1 aliphatic heterocycles. The van der Waals surface area contributed by atoms with Crippen molar-refractivity contribution in [2.45, 2.75) is 18.9 Å². The van der Waals surface area contributed by atoms with Crippen molar-refractivity contribution in [1.82, 2.24) is 0 Å². The van der Waals surface area contributed by atoms with E-state index >= 15 is 0 Å². The van der Waals surface area contributed by atoms with Gasteiger partial charge in [0.1, 0.15) is 11.9 Å². The number of aryl methyl sites for hydroxylation is 1. The van der Waals surface area contributed by atoms with Gasteiger partial charge in [-0.15, -0.1) is 0 Å². The number of hydrogen-bond donors (Lipinski definition) is 1. The predicted octanol–water partition coefficient (Wildman–Crippen LogP) is 3.70. The summed E-state index contributed by atoms with van der Waals surface area (Å²) >= 11 is 2.26. The van der Waals surface area contributed by atoms with Crippen LogP contribution in [-0.4, -0.2) is 11.7 Å². The van der Waals surface area contributed by atoms with Crippen LogP contribution in [0.3, 0.4) is 0 Å². The van der Waals surface area contributed by atoms with E-state index in [0.717, 1.165) is 39.9 Å². The van der Waals surface area contributed by atoms with E-state index in [1.54, 1.807) is 0 Å². The molecule has 2 nitrogen and oxygen atoms in total. The first kappa shape index (κ1) is 12.9. The van der Waals surface area contributed by atoms with Crippen LogP contribution in [-0.2, 0) is 6.42 Å². The monoisotopic (exact) mass is 366 g/mol. The summed E-state index contributed by atoms with van der Waals surface area (Å²) in [7, 11) is 0. The average molecular weight is 366 g/mol. The van der Waals surface area contributed by atoms with Gasteiger partial charge in [0, 0.05) is 3.57 Å². The predicted molar refractivity (Wildman–Crippen MR) is 83.5 cm³/mol. The summed E-state index contributed by atoms with van der Waals surface area (Å²) < 4.78 is 6.69. The summed E-state index contributed by atoms with van der Waals surface area (Å²) in [5.41, 5.74) is 3.10.